The van der Waals surface area contributed by atoms with Gasteiger partial charge in [-0.15, -0.1) is 10.2 Å². The topological polar surface area (TPSA) is 120 Å². The number of nitrogens with one attached hydrogen (secondary N) is 1. The van der Waals surface area contributed by atoms with Gasteiger partial charge in [0.05, 0.1) is 23.9 Å². The van der Waals surface area contributed by atoms with Crippen molar-refractivity contribution in [2.24, 2.45) is 0 Å². The first-order valence-electron chi connectivity index (χ1n) is 8.12. The van der Waals surface area contributed by atoms with Crippen molar-refractivity contribution in [1.29, 1.82) is 0 Å². The van der Waals surface area contributed by atoms with Crippen LogP contribution in [-0.4, -0.2) is 33.9 Å². The molecule has 0 unspecified atom stereocenters. The Hall–Kier alpha value is -3.40. The molecule has 144 valence electrons. The van der Waals surface area contributed by atoms with E-state index in [1.165, 1.54) is 25.3 Å². The lowest BCUT2D eigenvalue weighted by Crippen LogP contribution is -2.15. The molecule has 1 heterocycles. The minimum absolute atomic E-state index is 0.0429. The number of hydrogen-bond donors (Lipinski definition) is 1. The van der Waals surface area contributed by atoms with Crippen molar-refractivity contribution >= 4 is 29.0 Å². The lowest BCUT2D eigenvalue weighted by atomic mass is 10.1. The van der Waals surface area contributed by atoms with E-state index in [1.54, 1.807) is 0 Å². The van der Waals surface area contributed by atoms with Crippen LogP contribution in [0, 0.1) is 17.0 Å². The Morgan fingerprint density at radius 2 is 2.00 bits per heavy atom. The summed E-state index contributed by atoms with van der Waals surface area (Å²) >= 11 is 1.04. The fraction of sp³-hybridized carbons (Fsp3) is 0.167. The smallest absolute Gasteiger partial charge is 0.296 e. The number of benzene rings is 2. The largest absolute Gasteiger partial charge is 0.496 e. The molecular formula is C18H16N4O5S. The number of anilines is 1. The van der Waals surface area contributed by atoms with E-state index in [4.69, 9.17) is 9.15 Å². The molecule has 0 aliphatic heterocycles. The van der Waals surface area contributed by atoms with Gasteiger partial charge in [-0.05, 0) is 31.2 Å². The van der Waals surface area contributed by atoms with Crippen LogP contribution in [0.25, 0.3) is 11.5 Å². The van der Waals surface area contributed by atoms with E-state index in [2.05, 4.69) is 15.5 Å². The first-order chi connectivity index (χ1) is 13.5. The Balaban J connectivity index is 1.62. The van der Waals surface area contributed by atoms with Gasteiger partial charge in [-0.3, -0.25) is 14.9 Å². The Bertz CT molecular complexity index is 1000. The highest BCUT2D eigenvalue weighted by Crippen LogP contribution is 2.29. The van der Waals surface area contributed by atoms with Crippen LogP contribution in [0.15, 0.2) is 52.1 Å². The molecule has 10 heteroatoms. The van der Waals surface area contributed by atoms with Gasteiger partial charge in [0, 0.05) is 5.56 Å². The summed E-state index contributed by atoms with van der Waals surface area (Å²) < 4.78 is 10.5. The first kappa shape index (κ1) is 19.4. The number of carbonyl (C=O) groups is 1. The number of carbonyl (C=O) groups excluding carboxylic acids is 1. The van der Waals surface area contributed by atoms with Gasteiger partial charge >= 0.3 is 0 Å². The lowest BCUT2D eigenvalue weighted by Gasteiger charge is -2.06. The molecule has 0 radical (unpaired) electrons. The van der Waals surface area contributed by atoms with Gasteiger partial charge in [-0.2, -0.15) is 0 Å². The molecule has 0 atom stereocenters. The van der Waals surface area contributed by atoms with E-state index in [-0.39, 0.29) is 22.4 Å². The summed E-state index contributed by atoms with van der Waals surface area (Å²) in [5, 5.41) is 21.8. The molecule has 0 bridgehead atoms. The zero-order valence-corrected chi connectivity index (χ0v) is 15.9. The monoisotopic (exact) mass is 400 g/mol. The Morgan fingerprint density at radius 3 is 2.68 bits per heavy atom. The molecule has 0 saturated heterocycles. The van der Waals surface area contributed by atoms with E-state index < -0.39 is 10.8 Å². The van der Waals surface area contributed by atoms with Crippen LogP contribution >= 0.6 is 11.8 Å². The fourth-order valence-electron chi connectivity index (χ4n) is 2.29. The number of hydrogen-bond acceptors (Lipinski definition) is 8. The summed E-state index contributed by atoms with van der Waals surface area (Å²) in [5.74, 6) is 0.203. The van der Waals surface area contributed by atoms with Gasteiger partial charge in [0.1, 0.15) is 11.4 Å². The number of aromatic nitrogens is 2. The third-order valence-electron chi connectivity index (χ3n) is 3.71. The zero-order chi connectivity index (χ0) is 20.1. The fourth-order valence-corrected chi connectivity index (χ4v) is 2.85. The lowest BCUT2D eigenvalue weighted by molar-refractivity contribution is -0.384. The molecule has 2 aromatic carbocycles. The number of thioether (sulfide) groups is 1. The average Bonchev–Trinajstić information content (AvgIpc) is 3.16. The van der Waals surface area contributed by atoms with Gasteiger partial charge in [0.2, 0.25) is 11.8 Å². The summed E-state index contributed by atoms with van der Waals surface area (Å²) in [5.41, 5.74) is 1.73. The van der Waals surface area contributed by atoms with Gasteiger partial charge in [-0.1, -0.05) is 29.5 Å². The number of ether oxygens (including phenoxy) is 1. The van der Waals surface area contributed by atoms with Crippen LogP contribution in [0.2, 0.25) is 0 Å². The molecule has 3 rings (SSSR count). The zero-order valence-electron chi connectivity index (χ0n) is 15.0. The minimum atomic E-state index is -0.586. The standard InChI is InChI=1S/C18H16N4O5S/c1-11-3-5-12(6-4-11)17-20-21-18(27-17)28-10-16(23)19-14-8-7-13(26-2)9-15(14)22(24)25/h3-9H,10H2,1-2H3,(H,19,23). The number of amides is 1. The van der Waals surface area contributed by atoms with Crippen LogP contribution in [0.3, 0.4) is 0 Å². The molecule has 1 amide bonds. The van der Waals surface area contributed by atoms with Crippen LogP contribution < -0.4 is 10.1 Å². The molecule has 1 aromatic heterocycles. The summed E-state index contributed by atoms with van der Waals surface area (Å²) in [6.45, 7) is 1.98. The number of rotatable bonds is 7. The van der Waals surface area contributed by atoms with Crippen molar-refractivity contribution in [2.45, 2.75) is 12.1 Å². The van der Waals surface area contributed by atoms with Crippen LogP contribution in [0.1, 0.15) is 5.56 Å². The van der Waals surface area contributed by atoms with Crippen molar-refractivity contribution in [3.05, 3.63) is 58.1 Å². The van der Waals surface area contributed by atoms with Gasteiger partial charge < -0.3 is 14.5 Å². The number of nitrogens with zero attached hydrogens (tertiary/aromatic N) is 3. The van der Waals surface area contributed by atoms with E-state index in [9.17, 15) is 14.9 Å². The van der Waals surface area contributed by atoms with E-state index >= 15 is 0 Å². The number of nitro benzene ring substituents is 1. The molecule has 0 spiro atoms. The molecule has 0 saturated carbocycles. The molecule has 9 nitrogen and oxygen atoms in total. The molecule has 0 aliphatic rings. The normalized spacial score (nSPS) is 10.5. The predicted molar refractivity (Wildman–Crippen MR) is 103 cm³/mol. The number of methoxy groups -OCH3 is 1. The molecule has 28 heavy (non-hydrogen) atoms. The summed E-state index contributed by atoms with van der Waals surface area (Å²) in [7, 11) is 1.41. The first-order valence-corrected chi connectivity index (χ1v) is 9.10. The summed E-state index contributed by atoms with van der Waals surface area (Å²) in [4.78, 5) is 22.7. The van der Waals surface area contributed by atoms with Gasteiger partial charge in [-0.25, -0.2) is 0 Å². The molecule has 1 N–H and O–H groups in total. The van der Waals surface area contributed by atoms with Crippen LogP contribution in [0.4, 0.5) is 11.4 Å². The van der Waals surface area contributed by atoms with Crippen LogP contribution in [0.5, 0.6) is 5.75 Å². The minimum Gasteiger partial charge on any atom is -0.496 e. The quantitative estimate of drug-likeness (QED) is 0.362. The van der Waals surface area contributed by atoms with Crippen molar-refractivity contribution < 1.29 is 18.9 Å². The van der Waals surface area contributed by atoms with Gasteiger partial charge in [0.15, 0.2) is 0 Å². The second-order valence-electron chi connectivity index (χ2n) is 5.72. The van der Waals surface area contributed by atoms with Crippen LogP contribution in [-0.2, 0) is 4.79 Å². The van der Waals surface area contributed by atoms with E-state index in [1.807, 2.05) is 31.2 Å². The Labute approximate surface area is 164 Å². The van der Waals surface area contributed by atoms with Gasteiger partial charge in [0.25, 0.3) is 10.9 Å². The summed E-state index contributed by atoms with van der Waals surface area (Å²) in [6.07, 6.45) is 0. The second-order valence-corrected chi connectivity index (χ2v) is 6.64. The SMILES string of the molecule is COc1ccc(NC(=O)CSc2nnc(-c3ccc(C)cc3)o2)c([N+](=O)[O-])c1. The number of aryl methyl sites for hydroxylation is 1. The third-order valence-corrected chi connectivity index (χ3v) is 4.53. The highest BCUT2D eigenvalue weighted by Gasteiger charge is 2.18. The third kappa shape index (κ3) is 4.65. The van der Waals surface area contributed by atoms with Crippen molar-refractivity contribution in [3.8, 4) is 17.2 Å². The highest BCUT2D eigenvalue weighted by molar-refractivity contribution is 7.99. The maximum absolute atomic E-state index is 12.2. The van der Waals surface area contributed by atoms with E-state index in [0.29, 0.717) is 11.6 Å². The van der Waals surface area contributed by atoms with Crippen molar-refractivity contribution in [2.75, 3.05) is 18.2 Å². The average molecular weight is 400 g/mol. The maximum Gasteiger partial charge on any atom is 0.296 e. The second kappa shape index (κ2) is 8.53. The van der Waals surface area contributed by atoms with Crippen molar-refractivity contribution in [1.82, 2.24) is 10.2 Å². The number of nitro groups is 1. The Kier molecular flexibility index (Phi) is 5.90. The predicted octanol–water partition coefficient (Wildman–Crippen LogP) is 3.69. The Morgan fingerprint density at radius 1 is 1.25 bits per heavy atom. The molecule has 3 aromatic rings. The molecule has 0 fully saturated rings. The maximum atomic E-state index is 12.2. The molecule has 0 aliphatic carbocycles. The summed E-state index contributed by atoms with van der Waals surface area (Å²) in [6, 6.07) is 11.8. The van der Waals surface area contributed by atoms with E-state index in [0.717, 1.165) is 22.9 Å². The molecular weight excluding hydrogens is 384 g/mol. The highest BCUT2D eigenvalue weighted by atomic mass is 32.2. The van der Waals surface area contributed by atoms with Crippen molar-refractivity contribution in [3.63, 3.8) is 0 Å².